The van der Waals surface area contributed by atoms with Gasteiger partial charge in [-0.1, -0.05) is 30.1 Å². The molecule has 2 unspecified atom stereocenters. The summed E-state index contributed by atoms with van der Waals surface area (Å²) < 4.78 is 18.7. The maximum Gasteiger partial charge on any atom is 0.225 e. The SMILES string of the molecule is CN(CCCCCc1cc(-c2cccc(F)c2)no1)C(=O)C1CCCC(N)C1.Cl. The Bertz CT molecular complexity index is 783. The van der Waals surface area contributed by atoms with Gasteiger partial charge in [-0.15, -0.1) is 12.4 Å². The highest BCUT2D eigenvalue weighted by molar-refractivity contribution is 5.85. The largest absolute Gasteiger partial charge is 0.361 e. The van der Waals surface area contributed by atoms with Gasteiger partial charge in [0.2, 0.25) is 5.91 Å². The molecule has 3 rings (SSSR count). The number of unbranched alkanes of at least 4 members (excludes halogenated alkanes) is 2. The van der Waals surface area contributed by atoms with Crippen molar-refractivity contribution in [3.05, 3.63) is 41.9 Å². The first-order chi connectivity index (χ1) is 13.5. The van der Waals surface area contributed by atoms with Gasteiger partial charge in [-0.05, 0) is 44.2 Å². The fourth-order valence-electron chi connectivity index (χ4n) is 3.91. The highest BCUT2D eigenvalue weighted by atomic mass is 35.5. The van der Waals surface area contributed by atoms with Crippen LogP contribution in [0.15, 0.2) is 34.9 Å². The van der Waals surface area contributed by atoms with Crippen molar-refractivity contribution in [2.45, 2.75) is 57.4 Å². The van der Waals surface area contributed by atoms with Gasteiger partial charge < -0.3 is 15.2 Å². The van der Waals surface area contributed by atoms with Gasteiger partial charge in [0.15, 0.2) is 0 Å². The molecule has 0 aliphatic heterocycles. The van der Waals surface area contributed by atoms with Crippen molar-refractivity contribution in [2.75, 3.05) is 13.6 Å². The van der Waals surface area contributed by atoms with E-state index in [2.05, 4.69) is 5.16 Å². The number of aromatic nitrogens is 1. The Hall–Kier alpha value is -1.92. The van der Waals surface area contributed by atoms with Crippen LogP contribution in [0.25, 0.3) is 11.3 Å². The fraction of sp³-hybridized carbons (Fsp3) is 0.545. The number of halogens is 2. The Morgan fingerprint density at radius 1 is 1.28 bits per heavy atom. The molecule has 1 aromatic heterocycles. The normalized spacial score (nSPS) is 18.9. The standard InChI is InChI=1S/C22H30FN3O2.ClH/c1-26(22(27)17-8-6-10-19(24)14-17)12-4-2-3-11-20-15-21(25-28-20)16-7-5-9-18(23)13-16;/h5,7,9,13,15,17,19H,2-4,6,8,10-12,14,24H2,1H3;1H. The van der Waals surface area contributed by atoms with E-state index < -0.39 is 0 Å². The average Bonchev–Trinajstić information content (AvgIpc) is 3.16. The number of hydrogen-bond donors (Lipinski definition) is 1. The summed E-state index contributed by atoms with van der Waals surface area (Å²) >= 11 is 0. The van der Waals surface area contributed by atoms with E-state index >= 15 is 0 Å². The molecule has 1 aliphatic carbocycles. The van der Waals surface area contributed by atoms with Gasteiger partial charge in [0, 0.05) is 43.6 Å². The van der Waals surface area contributed by atoms with Gasteiger partial charge in [0.05, 0.1) is 0 Å². The molecule has 0 saturated heterocycles. The summed E-state index contributed by atoms with van der Waals surface area (Å²) in [5.74, 6) is 0.866. The quantitative estimate of drug-likeness (QED) is 0.630. The first kappa shape index (κ1) is 23.4. The molecule has 0 radical (unpaired) electrons. The third kappa shape index (κ3) is 6.82. The molecule has 0 spiro atoms. The van der Waals surface area contributed by atoms with Crippen molar-refractivity contribution in [3.63, 3.8) is 0 Å². The molecule has 2 aromatic rings. The van der Waals surface area contributed by atoms with Crippen molar-refractivity contribution >= 4 is 18.3 Å². The molecule has 5 nitrogen and oxygen atoms in total. The summed E-state index contributed by atoms with van der Waals surface area (Å²) in [5.41, 5.74) is 7.38. The van der Waals surface area contributed by atoms with Crippen molar-refractivity contribution in [1.82, 2.24) is 10.1 Å². The summed E-state index contributed by atoms with van der Waals surface area (Å²) in [6.07, 6.45) is 7.61. The Balaban J connectivity index is 0.00000300. The van der Waals surface area contributed by atoms with E-state index in [1.54, 1.807) is 6.07 Å². The van der Waals surface area contributed by atoms with Crippen LogP contribution in [0, 0.1) is 11.7 Å². The van der Waals surface area contributed by atoms with Gasteiger partial charge in [-0.3, -0.25) is 4.79 Å². The summed E-state index contributed by atoms with van der Waals surface area (Å²) in [6, 6.07) is 8.39. The number of rotatable bonds is 8. The molecule has 1 amide bonds. The molecular weight excluding hydrogens is 393 g/mol. The zero-order valence-corrected chi connectivity index (χ0v) is 17.8. The molecule has 1 aliphatic rings. The molecule has 1 heterocycles. The average molecular weight is 424 g/mol. The lowest BCUT2D eigenvalue weighted by atomic mass is 9.85. The van der Waals surface area contributed by atoms with Gasteiger partial charge in [-0.25, -0.2) is 4.39 Å². The number of nitrogens with two attached hydrogens (primary N) is 1. The Morgan fingerprint density at radius 3 is 2.86 bits per heavy atom. The molecule has 1 saturated carbocycles. The van der Waals surface area contributed by atoms with Gasteiger partial charge in [0.1, 0.15) is 17.3 Å². The third-order valence-electron chi connectivity index (χ3n) is 5.54. The van der Waals surface area contributed by atoms with Crippen molar-refractivity contribution < 1.29 is 13.7 Å². The fourth-order valence-corrected chi connectivity index (χ4v) is 3.91. The summed E-state index contributed by atoms with van der Waals surface area (Å²) in [4.78, 5) is 14.4. The lowest BCUT2D eigenvalue weighted by Gasteiger charge is -2.29. The zero-order chi connectivity index (χ0) is 19.9. The monoisotopic (exact) mass is 423 g/mol. The molecule has 1 aromatic carbocycles. The topological polar surface area (TPSA) is 72.4 Å². The number of amides is 1. The van der Waals surface area contributed by atoms with Crippen LogP contribution in [0.1, 0.15) is 50.7 Å². The number of carbonyl (C=O) groups excluding carboxylic acids is 1. The van der Waals surface area contributed by atoms with Crippen LogP contribution in [0.3, 0.4) is 0 Å². The smallest absolute Gasteiger partial charge is 0.225 e. The van der Waals surface area contributed by atoms with E-state index in [1.807, 2.05) is 24.1 Å². The van der Waals surface area contributed by atoms with Crippen LogP contribution in [0.5, 0.6) is 0 Å². The van der Waals surface area contributed by atoms with E-state index in [0.29, 0.717) is 5.69 Å². The first-order valence-corrected chi connectivity index (χ1v) is 10.2. The molecule has 0 bridgehead atoms. The highest BCUT2D eigenvalue weighted by Gasteiger charge is 2.27. The van der Waals surface area contributed by atoms with Crippen LogP contribution in [0.2, 0.25) is 0 Å². The second-order valence-electron chi connectivity index (χ2n) is 7.88. The first-order valence-electron chi connectivity index (χ1n) is 10.2. The minimum atomic E-state index is -0.282. The number of nitrogens with zero attached hydrogens (tertiary/aromatic N) is 2. The third-order valence-corrected chi connectivity index (χ3v) is 5.54. The number of aryl methyl sites for hydroxylation is 1. The summed E-state index contributed by atoms with van der Waals surface area (Å²) in [7, 11) is 1.89. The van der Waals surface area contributed by atoms with Crippen LogP contribution in [-0.4, -0.2) is 35.6 Å². The van der Waals surface area contributed by atoms with Crippen molar-refractivity contribution in [3.8, 4) is 11.3 Å². The van der Waals surface area contributed by atoms with Crippen LogP contribution >= 0.6 is 12.4 Å². The number of benzene rings is 1. The van der Waals surface area contributed by atoms with Gasteiger partial charge in [0.25, 0.3) is 0 Å². The van der Waals surface area contributed by atoms with E-state index in [-0.39, 0.29) is 36.1 Å². The maximum absolute atomic E-state index is 13.3. The predicted molar refractivity (Wildman–Crippen MR) is 114 cm³/mol. The molecule has 2 atom stereocenters. The van der Waals surface area contributed by atoms with E-state index in [1.165, 1.54) is 12.1 Å². The maximum atomic E-state index is 13.3. The van der Waals surface area contributed by atoms with Crippen molar-refractivity contribution in [2.24, 2.45) is 11.7 Å². The lowest BCUT2D eigenvalue weighted by molar-refractivity contribution is -0.135. The highest BCUT2D eigenvalue weighted by Crippen LogP contribution is 2.25. The van der Waals surface area contributed by atoms with Gasteiger partial charge in [-0.2, -0.15) is 0 Å². The summed E-state index contributed by atoms with van der Waals surface area (Å²) in [5, 5.41) is 4.03. The Kier molecular flexibility index (Phi) is 9.11. The Morgan fingerprint density at radius 2 is 2.10 bits per heavy atom. The number of carbonyl (C=O) groups is 1. The second-order valence-corrected chi connectivity index (χ2v) is 7.88. The number of hydrogen-bond acceptors (Lipinski definition) is 4. The molecule has 2 N–H and O–H groups in total. The molecule has 1 fully saturated rings. The van der Waals surface area contributed by atoms with Crippen LogP contribution < -0.4 is 5.73 Å². The van der Waals surface area contributed by atoms with E-state index in [0.717, 1.165) is 69.2 Å². The lowest BCUT2D eigenvalue weighted by Crippen LogP contribution is -2.39. The zero-order valence-electron chi connectivity index (χ0n) is 17.0. The molecule has 7 heteroatoms. The van der Waals surface area contributed by atoms with E-state index in [4.69, 9.17) is 10.3 Å². The molecule has 160 valence electrons. The Labute approximate surface area is 178 Å². The predicted octanol–water partition coefficient (Wildman–Crippen LogP) is 4.59. The molecular formula is C22H31ClFN3O2. The van der Waals surface area contributed by atoms with Crippen LogP contribution in [-0.2, 0) is 11.2 Å². The minimum absolute atomic E-state index is 0. The summed E-state index contributed by atoms with van der Waals surface area (Å²) in [6.45, 7) is 0.773. The van der Waals surface area contributed by atoms with Gasteiger partial charge >= 0.3 is 0 Å². The minimum Gasteiger partial charge on any atom is -0.361 e. The second kappa shape index (κ2) is 11.3. The molecule has 29 heavy (non-hydrogen) atoms. The van der Waals surface area contributed by atoms with Crippen molar-refractivity contribution in [1.29, 1.82) is 0 Å². The van der Waals surface area contributed by atoms with E-state index in [9.17, 15) is 9.18 Å². The van der Waals surface area contributed by atoms with Crippen LogP contribution in [0.4, 0.5) is 4.39 Å².